The van der Waals surface area contributed by atoms with Gasteiger partial charge in [-0.3, -0.25) is 4.52 Å². The Kier molecular flexibility index (Phi) is 7.50. The molecule has 0 aromatic rings. The molecule has 128 valence electrons. The number of ether oxygens (including phenoxy) is 3. The van der Waals surface area contributed by atoms with Gasteiger partial charge in [-0.25, -0.2) is 4.57 Å². The summed E-state index contributed by atoms with van der Waals surface area (Å²) in [6, 6.07) is -1.07. The van der Waals surface area contributed by atoms with Crippen LogP contribution in [0.5, 0.6) is 0 Å². The van der Waals surface area contributed by atoms with Crippen molar-refractivity contribution in [1.29, 1.82) is 0 Å². The van der Waals surface area contributed by atoms with Crippen molar-refractivity contribution in [3.63, 3.8) is 0 Å². The molecule has 0 spiro atoms. The molecule has 2 aliphatic rings. The van der Waals surface area contributed by atoms with E-state index in [-0.39, 0.29) is 24.4 Å². The average molecular weight is 362 g/mol. The summed E-state index contributed by atoms with van der Waals surface area (Å²) in [6.45, 7) is -1.46. The highest BCUT2D eigenvalue weighted by Gasteiger charge is 2.40. The zero-order valence-electron chi connectivity index (χ0n) is 12.9. The van der Waals surface area contributed by atoms with Gasteiger partial charge < -0.3 is 24.2 Å². The maximum absolute atomic E-state index is 12.2. The Balaban J connectivity index is 1.83. The molecule has 2 aliphatic heterocycles. The first-order valence-corrected chi connectivity index (χ1v) is 10.6. The monoisotopic (exact) mass is 362 g/mol. The van der Waals surface area contributed by atoms with Crippen molar-refractivity contribution < 1.29 is 33.3 Å². The van der Waals surface area contributed by atoms with Gasteiger partial charge >= 0.3 is 6.80 Å². The zero-order valence-corrected chi connectivity index (χ0v) is 14.7. The second kappa shape index (κ2) is 8.72. The SMILES string of the molecule is [B][C@H]1CC(O)[C@@H](COP(=O)(O)SC2C[C@H]([B])O[C@@H]2COCC)O1. The van der Waals surface area contributed by atoms with Crippen LogP contribution in [0.25, 0.3) is 0 Å². The minimum atomic E-state index is -3.94. The fourth-order valence-corrected chi connectivity index (χ4v) is 5.87. The molecule has 2 rings (SSSR count). The number of hydrogen-bond donors (Lipinski definition) is 2. The first-order chi connectivity index (χ1) is 10.8. The van der Waals surface area contributed by atoms with E-state index in [0.29, 0.717) is 19.6 Å². The van der Waals surface area contributed by atoms with Crippen LogP contribution in [0.1, 0.15) is 19.8 Å². The molecule has 23 heavy (non-hydrogen) atoms. The molecule has 0 aliphatic carbocycles. The van der Waals surface area contributed by atoms with Gasteiger partial charge in [-0.1, -0.05) is 0 Å². The predicted octanol–water partition coefficient (Wildman–Crippen LogP) is 0.170. The molecular formula is C12H21B2O7PS. The lowest BCUT2D eigenvalue weighted by Crippen LogP contribution is -2.27. The molecule has 2 saturated heterocycles. The van der Waals surface area contributed by atoms with Crippen molar-refractivity contribution in [2.24, 2.45) is 0 Å². The molecule has 0 aromatic carbocycles. The molecule has 0 aromatic heterocycles. The number of aliphatic hydroxyl groups is 1. The molecule has 0 saturated carbocycles. The first kappa shape index (κ1) is 19.8. The summed E-state index contributed by atoms with van der Waals surface area (Å²) >= 11 is 0.793. The van der Waals surface area contributed by atoms with Crippen LogP contribution in [0.4, 0.5) is 0 Å². The van der Waals surface area contributed by atoms with E-state index in [9.17, 15) is 14.6 Å². The van der Waals surface area contributed by atoms with E-state index in [1.165, 1.54) is 0 Å². The van der Waals surface area contributed by atoms with E-state index >= 15 is 0 Å². The van der Waals surface area contributed by atoms with Crippen molar-refractivity contribution in [3.8, 4) is 0 Å². The molecular weight excluding hydrogens is 341 g/mol. The summed E-state index contributed by atoms with van der Waals surface area (Å²) in [6.07, 6.45) is -1.15. The molecule has 7 nitrogen and oxygen atoms in total. The molecule has 2 fully saturated rings. The van der Waals surface area contributed by atoms with Crippen LogP contribution in [-0.4, -0.2) is 81.1 Å². The van der Waals surface area contributed by atoms with Crippen LogP contribution >= 0.6 is 18.2 Å². The lowest BCUT2D eigenvalue weighted by Gasteiger charge is -2.22. The Bertz CT molecular complexity index is 432. The Morgan fingerprint density at radius 3 is 2.48 bits per heavy atom. The summed E-state index contributed by atoms with van der Waals surface area (Å²) in [4.78, 5) is 10.0. The minimum absolute atomic E-state index is 0.203. The summed E-state index contributed by atoms with van der Waals surface area (Å²) in [5.74, 6) is 0. The van der Waals surface area contributed by atoms with E-state index in [4.69, 9.17) is 34.4 Å². The van der Waals surface area contributed by atoms with Gasteiger partial charge in [0.05, 0.1) is 25.4 Å². The van der Waals surface area contributed by atoms with Crippen molar-refractivity contribution in [3.05, 3.63) is 0 Å². The highest BCUT2D eigenvalue weighted by molar-refractivity contribution is 8.55. The maximum Gasteiger partial charge on any atom is 0.387 e. The second-order valence-electron chi connectivity index (χ2n) is 5.53. The molecule has 2 N–H and O–H groups in total. The first-order valence-electron chi connectivity index (χ1n) is 7.54. The van der Waals surface area contributed by atoms with E-state index in [2.05, 4.69) is 0 Å². The van der Waals surface area contributed by atoms with Crippen molar-refractivity contribution in [2.45, 2.75) is 55.3 Å². The van der Waals surface area contributed by atoms with E-state index in [0.717, 1.165) is 11.4 Å². The Hall–Kier alpha value is 0.470. The van der Waals surface area contributed by atoms with Gasteiger partial charge in [-0.2, -0.15) is 0 Å². The summed E-state index contributed by atoms with van der Waals surface area (Å²) in [5, 5.41) is 9.40. The molecule has 3 unspecified atom stereocenters. The molecule has 0 amide bonds. The number of aliphatic hydroxyl groups excluding tert-OH is 1. The smallest absolute Gasteiger partial charge is 0.387 e. The third kappa shape index (κ3) is 6.04. The van der Waals surface area contributed by atoms with Crippen molar-refractivity contribution in [2.75, 3.05) is 19.8 Å². The van der Waals surface area contributed by atoms with Crippen LogP contribution in [0.3, 0.4) is 0 Å². The normalized spacial score (nSPS) is 40.3. The Labute approximate surface area is 142 Å². The highest BCUT2D eigenvalue weighted by atomic mass is 32.7. The van der Waals surface area contributed by atoms with Gasteiger partial charge in [0.2, 0.25) is 0 Å². The number of rotatable bonds is 8. The summed E-state index contributed by atoms with van der Waals surface area (Å²) in [7, 11) is 11.3. The second-order valence-corrected chi connectivity index (χ2v) is 9.56. The van der Waals surface area contributed by atoms with E-state index in [1.807, 2.05) is 6.92 Å². The Morgan fingerprint density at radius 2 is 1.87 bits per heavy atom. The van der Waals surface area contributed by atoms with Gasteiger partial charge in [0.1, 0.15) is 21.8 Å². The topological polar surface area (TPSA) is 94.5 Å². The largest absolute Gasteiger partial charge is 0.390 e. The highest BCUT2D eigenvalue weighted by Crippen LogP contribution is 2.60. The summed E-state index contributed by atoms with van der Waals surface area (Å²) < 4.78 is 33.3. The molecule has 0 bridgehead atoms. The van der Waals surface area contributed by atoms with Gasteiger partial charge in [-0.15, -0.1) is 0 Å². The van der Waals surface area contributed by atoms with Crippen molar-refractivity contribution in [1.82, 2.24) is 0 Å². The van der Waals surface area contributed by atoms with Crippen LogP contribution in [-0.2, 0) is 23.3 Å². The molecule has 7 atom stereocenters. The van der Waals surface area contributed by atoms with Gasteiger partial charge in [0.25, 0.3) is 0 Å². The minimum Gasteiger partial charge on any atom is -0.390 e. The van der Waals surface area contributed by atoms with Gasteiger partial charge in [0, 0.05) is 23.9 Å². The van der Waals surface area contributed by atoms with Crippen LogP contribution in [0, 0.1) is 0 Å². The zero-order chi connectivity index (χ0) is 17.0. The molecule has 2 heterocycles. The number of hydrogen-bond acceptors (Lipinski definition) is 7. The third-order valence-electron chi connectivity index (χ3n) is 3.64. The van der Waals surface area contributed by atoms with Gasteiger partial charge in [-0.05, 0) is 31.1 Å². The third-order valence-corrected chi connectivity index (χ3v) is 7.07. The fraction of sp³-hybridized carbons (Fsp3) is 1.00. The molecule has 4 radical (unpaired) electrons. The van der Waals surface area contributed by atoms with E-state index < -0.39 is 31.0 Å². The standard InChI is InChI=1S/C12H21B2O7PS/c1-2-18-5-9-10(4-12(14)21-9)23-22(16,17)19-6-8-7(15)3-11(13)20-8/h7-12,15H,2-6H2,1H3,(H,16,17)/t7?,8-,9-,10?,11-,12-/m1/s1. The van der Waals surface area contributed by atoms with Crippen LogP contribution in [0.2, 0.25) is 0 Å². The van der Waals surface area contributed by atoms with E-state index in [1.54, 1.807) is 0 Å². The lowest BCUT2D eigenvalue weighted by molar-refractivity contribution is 0.00141. The maximum atomic E-state index is 12.2. The van der Waals surface area contributed by atoms with Crippen molar-refractivity contribution >= 4 is 33.9 Å². The average Bonchev–Trinajstić information content (AvgIpc) is 2.95. The van der Waals surface area contributed by atoms with Gasteiger partial charge in [0.15, 0.2) is 0 Å². The van der Waals surface area contributed by atoms with Crippen LogP contribution in [0.15, 0.2) is 0 Å². The lowest BCUT2D eigenvalue weighted by atomic mass is 9.96. The quantitative estimate of drug-likeness (QED) is 0.466. The Morgan fingerprint density at radius 1 is 1.22 bits per heavy atom. The fourth-order valence-electron chi connectivity index (χ4n) is 2.52. The summed E-state index contributed by atoms with van der Waals surface area (Å²) in [5.41, 5.74) is 0. The molecule has 11 heteroatoms. The predicted molar refractivity (Wildman–Crippen MR) is 87.7 cm³/mol. The van der Waals surface area contributed by atoms with Crippen LogP contribution < -0.4 is 0 Å².